The molecule has 0 fully saturated rings. The molecule has 2 heteroatoms. The first-order valence-corrected chi connectivity index (χ1v) is 5.46. The van der Waals surface area contributed by atoms with E-state index >= 15 is 0 Å². The van der Waals surface area contributed by atoms with Crippen LogP contribution < -0.4 is 0 Å². The van der Waals surface area contributed by atoms with Crippen LogP contribution in [0, 0.1) is 27.7 Å². The van der Waals surface area contributed by atoms with Gasteiger partial charge in [-0.15, -0.1) is 0 Å². The van der Waals surface area contributed by atoms with Crippen molar-refractivity contribution in [2.75, 3.05) is 0 Å². The maximum absolute atomic E-state index is 4.46. The first kappa shape index (κ1) is 10.8. The van der Waals surface area contributed by atoms with E-state index in [0.29, 0.717) is 0 Å². The van der Waals surface area contributed by atoms with E-state index in [1.54, 1.807) is 0 Å². The third-order valence-corrected chi connectivity index (χ3v) is 3.11. The second-order valence-corrected chi connectivity index (χ2v) is 4.17. The number of aromatic nitrogens is 2. The molecule has 2 aromatic rings. The summed E-state index contributed by atoms with van der Waals surface area (Å²) in [6.45, 7) is 8.36. The van der Waals surface area contributed by atoms with Crippen molar-refractivity contribution in [1.82, 2.24) is 9.97 Å². The molecule has 16 heavy (non-hydrogen) atoms. The highest BCUT2D eigenvalue weighted by atomic mass is 14.9. The molecule has 0 spiro atoms. The summed E-state index contributed by atoms with van der Waals surface area (Å²) in [6, 6.07) is 6.25. The van der Waals surface area contributed by atoms with Crippen LogP contribution in [0.1, 0.15) is 22.5 Å². The van der Waals surface area contributed by atoms with Crippen molar-refractivity contribution in [3.8, 4) is 11.3 Å². The number of hydrogen-bond acceptors (Lipinski definition) is 2. The normalized spacial score (nSPS) is 10.5. The minimum absolute atomic E-state index is 0.815. The van der Waals surface area contributed by atoms with Gasteiger partial charge in [-0.2, -0.15) is 0 Å². The van der Waals surface area contributed by atoms with Crippen molar-refractivity contribution in [2.24, 2.45) is 0 Å². The number of nitrogens with zero attached hydrogens (tertiary/aromatic N) is 2. The Bertz CT molecular complexity index is 530. The monoisotopic (exact) mass is 212 g/mol. The molecular formula is C14H16N2. The van der Waals surface area contributed by atoms with E-state index < -0.39 is 0 Å². The zero-order valence-electron chi connectivity index (χ0n) is 10.2. The van der Waals surface area contributed by atoms with Gasteiger partial charge in [-0.25, -0.2) is 9.97 Å². The van der Waals surface area contributed by atoms with E-state index in [2.05, 4.69) is 42.9 Å². The maximum atomic E-state index is 4.46. The summed E-state index contributed by atoms with van der Waals surface area (Å²) in [7, 11) is 0. The largest absolute Gasteiger partial charge is 0.242 e. The Balaban J connectivity index is 2.61. The summed E-state index contributed by atoms with van der Waals surface area (Å²) < 4.78 is 0. The lowest BCUT2D eigenvalue weighted by Gasteiger charge is -2.10. The maximum Gasteiger partial charge on any atom is 0.125 e. The molecule has 0 radical (unpaired) electrons. The van der Waals surface area contributed by atoms with Gasteiger partial charge in [0.05, 0.1) is 5.69 Å². The lowest BCUT2D eigenvalue weighted by atomic mass is 9.97. The molecule has 0 amide bonds. The Kier molecular flexibility index (Phi) is 2.73. The van der Waals surface area contributed by atoms with Crippen LogP contribution in [0.15, 0.2) is 24.4 Å². The van der Waals surface area contributed by atoms with Crippen LogP contribution in [0.4, 0.5) is 0 Å². The second kappa shape index (κ2) is 4.05. The Morgan fingerprint density at radius 1 is 0.875 bits per heavy atom. The molecule has 2 nitrogen and oxygen atoms in total. The molecule has 2 rings (SSSR count). The number of hydrogen-bond donors (Lipinski definition) is 0. The highest BCUT2D eigenvalue weighted by molar-refractivity contribution is 5.65. The van der Waals surface area contributed by atoms with Gasteiger partial charge in [-0.3, -0.25) is 0 Å². The van der Waals surface area contributed by atoms with Crippen LogP contribution in [0.25, 0.3) is 11.3 Å². The van der Waals surface area contributed by atoms with E-state index in [9.17, 15) is 0 Å². The summed E-state index contributed by atoms with van der Waals surface area (Å²) in [5.41, 5.74) is 6.18. The molecule has 1 heterocycles. The fourth-order valence-corrected chi connectivity index (χ4v) is 1.84. The lowest BCUT2D eigenvalue weighted by Crippen LogP contribution is -1.94. The van der Waals surface area contributed by atoms with Crippen molar-refractivity contribution in [1.29, 1.82) is 0 Å². The first-order chi connectivity index (χ1) is 7.59. The summed E-state index contributed by atoms with van der Waals surface area (Å²) in [5.74, 6) is 0.815. The van der Waals surface area contributed by atoms with Gasteiger partial charge < -0.3 is 0 Å². The van der Waals surface area contributed by atoms with Gasteiger partial charge in [-0.1, -0.05) is 12.1 Å². The molecular weight excluding hydrogens is 196 g/mol. The first-order valence-electron chi connectivity index (χ1n) is 5.46. The van der Waals surface area contributed by atoms with Crippen LogP contribution in [-0.4, -0.2) is 9.97 Å². The van der Waals surface area contributed by atoms with Gasteiger partial charge in [0.1, 0.15) is 5.82 Å². The van der Waals surface area contributed by atoms with Gasteiger partial charge in [0, 0.05) is 11.8 Å². The van der Waals surface area contributed by atoms with Gasteiger partial charge in [-0.05, 0) is 50.5 Å². The minimum atomic E-state index is 0.815. The average Bonchev–Trinajstić information content (AvgIpc) is 2.26. The Labute approximate surface area is 96.4 Å². The molecule has 0 bridgehead atoms. The summed E-state index contributed by atoms with van der Waals surface area (Å²) in [5, 5.41) is 0. The third-order valence-electron chi connectivity index (χ3n) is 3.11. The molecule has 0 saturated carbocycles. The molecule has 1 aromatic heterocycles. The second-order valence-electron chi connectivity index (χ2n) is 4.17. The SMILES string of the molecule is Cc1nccc(-c2ccc(C)c(C)c2C)n1. The van der Waals surface area contributed by atoms with Crippen LogP contribution in [0.2, 0.25) is 0 Å². The van der Waals surface area contributed by atoms with Gasteiger partial charge in [0.2, 0.25) is 0 Å². The highest BCUT2D eigenvalue weighted by Gasteiger charge is 2.07. The predicted molar refractivity (Wildman–Crippen MR) is 66.4 cm³/mol. The van der Waals surface area contributed by atoms with Crippen LogP contribution in [0.3, 0.4) is 0 Å². The summed E-state index contributed by atoms with van der Waals surface area (Å²) in [6.07, 6.45) is 1.81. The zero-order valence-corrected chi connectivity index (χ0v) is 10.2. The molecule has 0 aliphatic rings. The average molecular weight is 212 g/mol. The topological polar surface area (TPSA) is 25.8 Å². The number of aryl methyl sites for hydroxylation is 2. The molecule has 0 aliphatic carbocycles. The van der Waals surface area contributed by atoms with E-state index in [4.69, 9.17) is 0 Å². The fourth-order valence-electron chi connectivity index (χ4n) is 1.84. The van der Waals surface area contributed by atoms with Crippen molar-refractivity contribution < 1.29 is 0 Å². The van der Waals surface area contributed by atoms with Gasteiger partial charge in [0.25, 0.3) is 0 Å². The molecule has 82 valence electrons. The van der Waals surface area contributed by atoms with E-state index in [1.807, 2.05) is 19.2 Å². The minimum Gasteiger partial charge on any atom is -0.242 e. The Morgan fingerprint density at radius 2 is 1.62 bits per heavy atom. The predicted octanol–water partition coefficient (Wildman–Crippen LogP) is 3.38. The quantitative estimate of drug-likeness (QED) is 0.724. The van der Waals surface area contributed by atoms with Gasteiger partial charge >= 0.3 is 0 Å². The van der Waals surface area contributed by atoms with Crippen LogP contribution >= 0.6 is 0 Å². The molecule has 1 aromatic carbocycles. The van der Waals surface area contributed by atoms with Gasteiger partial charge in [0.15, 0.2) is 0 Å². The summed E-state index contributed by atoms with van der Waals surface area (Å²) in [4.78, 5) is 8.59. The fraction of sp³-hybridized carbons (Fsp3) is 0.286. The molecule has 0 atom stereocenters. The lowest BCUT2D eigenvalue weighted by molar-refractivity contribution is 1.05. The molecule has 0 saturated heterocycles. The zero-order chi connectivity index (χ0) is 11.7. The van der Waals surface area contributed by atoms with Crippen molar-refractivity contribution in [3.05, 3.63) is 46.9 Å². The van der Waals surface area contributed by atoms with Crippen molar-refractivity contribution in [3.63, 3.8) is 0 Å². The third kappa shape index (κ3) is 1.83. The standard InChI is InChI=1S/C14H16N2/c1-9-5-6-13(11(3)10(9)2)14-7-8-15-12(4)16-14/h5-8H,1-4H3. The van der Waals surface area contributed by atoms with Crippen LogP contribution in [-0.2, 0) is 0 Å². The van der Waals surface area contributed by atoms with E-state index in [1.165, 1.54) is 22.3 Å². The number of rotatable bonds is 1. The Hall–Kier alpha value is -1.70. The van der Waals surface area contributed by atoms with E-state index in [-0.39, 0.29) is 0 Å². The Morgan fingerprint density at radius 3 is 2.31 bits per heavy atom. The smallest absolute Gasteiger partial charge is 0.125 e. The van der Waals surface area contributed by atoms with E-state index in [0.717, 1.165) is 11.5 Å². The molecule has 0 aliphatic heterocycles. The van der Waals surface area contributed by atoms with Crippen LogP contribution in [0.5, 0.6) is 0 Å². The summed E-state index contributed by atoms with van der Waals surface area (Å²) >= 11 is 0. The number of benzene rings is 1. The molecule has 0 N–H and O–H groups in total. The van der Waals surface area contributed by atoms with Crippen molar-refractivity contribution >= 4 is 0 Å². The highest BCUT2D eigenvalue weighted by Crippen LogP contribution is 2.25. The molecule has 0 unspecified atom stereocenters. The van der Waals surface area contributed by atoms with Crippen molar-refractivity contribution in [2.45, 2.75) is 27.7 Å².